The highest BCUT2D eigenvalue weighted by Gasteiger charge is 2.23. The van der Waals surface area contributed by atoms with E-state index in [4.69, 9.17) is 0 Å². The van der Waals surface area contributed by atoms with Crippen LogP contribution in [-0.4, -0.2) is 50.4 Å². The van der Waals surface area contributed by atoms with E-state index in [-0.39, 0.29) is 18.8 Å². The van der Waals surface area contributed by atoms with Gasteiger partial charge in [0.2, 0.25) is 5.91 Å². The van der Waals surface area contributed by atoms with Crippen LogP contribution in [-0.2, 0) is 30.7 Å². The van der Waals surface area contributed by atoms with Gasteiger partial charge in [0.25, 0.3) is 0 Å². The van der Waals surface area contributed by atoms with Crippen LogP contribution in [0.25, 0.3) is 0 Å². The summed E-state index contributed by atoms with van der Waals surface area (Å²) in [6.07, 6.45) is 0. The highest BCUT2D eigenvalue weighted by Crippen LogP contribution is 2.11. The molecule has 7 heteroatoms. The Morgan fingerprint density at radius 3 is 2.41 bits per heavy atom. The van der Waals surface area contributed by atoms with Gasteiger partial charge in [0.1, 0.15) is 12.3 Å². The van der Waals surface area contributed by atoms with E-state index in [0.29, 0.717) is 0 Å². The van der Waals surface area contributed by atoms with Crippen molar-refractivity contribution in [1.29, 1.82) is 0 Å². The van der Waals surface area contributed by atoms with Gasteiger partial charge in [-0.2, -0.15) is 0 Å². The summed E-state index contributed by atoms with van der Waals surface area (Å²) < 4.78 is 27.8. The molecule has 1 amide bonds. The summed E-state index contributed by atoms with van der Waals surface area (Å²) in [5.74, 6) is -1.91. The van der Waals surface area contributed by atoms with Crippen LogP contribution >= 0.6 is 0 Å². The van der Waals surface area contributed by atoms with E-state index >= 15 is 0 Å². The van der Waals surface area contributed by atoms with Crippen molar-refractivity contribution in [3.8, 4) is 0 Å². The predicted octanol–water partition coefficient (Wildman–Crippen LogP) is 0.931. The van der Waals surface area contributed by atoms with Crippen LogP contribution in [0.3, 0.4) is 0 Å². The van der Waals surface area contributed by atoms with Crippen molar-refractivity contribution in [2.24, 2.45) is 0 Å². The number of nitrogens with zero attached hydrogens (tertiary/aromatic N) is 1. The van der Waals surface area contributed by atoms with Crippen molar-refractivity contribution in [3.05, 3.63) is 35.4 Å². The van der Waals surface area contributed by atoms with Crippen LogP contribution in [0.4, 0.5) is 0 Å². The molecule has 1 aromatic rings. The summed E-state index contributed by atoms with van der Waals surface area (Å²) in [7, 11) is -2.23. The van der Waals surface area contributed by atoms with Crippen molar-refractivity contribution < 1.29 is 22.7 Å². The van der Waals surface area contributed by atoms with Crippen LogP contribution in [0.2, 0.25) is 0 Å². The molecule has 0 saturated heterocycles. The Morgan fingerprint density at radius 2 is 1.86 bits per heavy atom. The molecule has 1 aromatic carbocycles. The molecule has 0 bridgehead atoms. The Balaban J connectivity index is 2.95. The van der Waals surface area contributed by atoms with Gasteiger partial charge in [-0.25, -0.2) is 8.42 Å². The number of amides is 1. The largest absolute Gasteiger partial charge is 0.468 e. The molecule has 0 spiro atoms. The minimum Gasteiger partial charge on any atom is -0.468 e. The summed E-state index contributed by atoms with van der Waals surface area (Å²) in [6, 6.07) is 7.42. The monoisotopic (exact) mass is 327 g/mol. The molecule has 6 nitrogen and oxygen atoms in total. The molecule has 122 valence electrons. The van der Waals surface area contributed by atoms with Gasteiger partial charge in [-0.3, -0.25) is 9.59 Å². The van der Waals surface area contributed by atoms with Crippen LogP contribution < -0.4 is 0 Å². The number of hydrogen-bond acceptors (Lipinski definition) is 5. The van der Waals surface area contributed by atoms with E-state index in [9.17, 15) is 18.0 Å². The second kappa shape index (κ2) is 7.93. The predicted molar refractivity (Wildman–Crippen MR) is 82.9 cm³/mol. The molecule has 0 fully saturated rings. The number of rotatable bonds is 7. The molecule has 1 rings (SSSR count). The molecule has 0 aromatic heterocycles. The second-order valence-electron chi connectivity index (χ2n) is 4.93. The maximum absolute atomic E-state index is 12.2. The Labute approximate surface area is 131 Å². The molecule has 0 heterocycles. The first kappa shape index (κ1) is 18.2. The summed E-state index contributed by atoms with van der Waals surface area (Å²) in [5, 5.41) is 0. The number of ether oxygens (including phenoxy) is 1. The quantitative estimate of drug-likeness (QED) is 0.696. The Morgan fingerprint density at radius 1 is 1.23 bits per heavy atom. The van der Waals surface area contributed by atoms with Gasteiger partial charge >= 0.3 is 5.97 Å². The molecule has 22 heavy (non-hydrogen) atoms. The lowest BCUT2D eigenvalue weighted by Gasteiger charge is -2.22. The topological polar surface area (TPSA) is 80.8 Å². The molecule has 0 atom stereocenters. The number of carbonyl (C=O) groups excluding carboxylic acids is 2. The fourth-order valence-corrected chi connectivity index (χ4v) is 2.59. The highest BCUT2D eigenvalue weighted by atomic mass is 32.2. The Hall–Kier alpha value is -1.89. The Bertz CT molecular complexity index is 639. The maximum Gasteiger partial charge on any atom is 0.325 e. The maximum atomic E-state index is 12.2. The number of carbonyl (C=O) groups is 2. The third kappa shape index (κ3) is 5.48. The zero-order chi connectivity index (χ0) is 16.8. The summed E-state index contributed by atoms with van der Waals surface area (Å²) in [4.78, 5) is 24.9. The van der Waals surface area contributed by atoms with E-state index in [2.05, 4.69) is 4.74 Å². The fraction of sp³-hybridized carbons (Fsp3) is 0.467. The van der Waals surface area contributed by atoms with Crippen molar-refractivity contribution in [1.82, 2.24) is 4.90 Å². The van der Waals surface area contributed by atoms with E-state index in [1.54, 1.807) is 0 Å². The zero-order valence-electron chi connectivity index (χ0n) is 13.0. The minimum atomic E-state index is -3.45. The lowest BCUT2D eigenvalue weighted by atomic mass is 10.1. The summed E-state index contributed by atoms with van der Waals surface area (Å²) >= 11 is 0. The number of benzene rings is 1. The first-order chi connectivity index (χ1) is 10.3. The molecule has 0 aliphatic rings. The van der Waals surface area contributed by atoms with E-state index in [0.717, 1.165) is 11.1 Å². The number of esters is 1. The molecule has 0 radical (unpaired) electrons. The number of sulfone groups is 1. The first-order valence-corrected chi connectivity index (χ1v) is 8.70. The number of methoxy groups -OCH3 is 1. The van der Waals surface area contributed by atoms with Crippen molar-refractivity contribution in [2.75, 3.05) is 25.2 Å². The van der Waals surface area contributed by atoms with Gasteiger partial charge in [-0.1, -0.05) is 31.2 Å². The van der Waals surface area contributed by atoms with Crippen LogP contribution in [0, 0.1) is 6.92 Å². The van der Waals surface area contributed by atoms with Crippen molar-refractivity contribution in [3.63, 3.8) is 0 Å². The number of hydrogen-bond donors (Lipinski definition) is 0. The van der Waals surface area contributed by atoms with Crippen LogP contribution in [0.15, 0.2) is 24.3 Å². The van der Waals surface area contributed by atoms with Gasteiger partial charge in [-0.05, 0) is 18.1 Å². The zero-order valence-corrected chi connectivity index (χ0v) is 13.9. The molecule has 0 saturated carbocycles. The molecular weight excluding hydrogens is 306 g/mol. The lowest BCUT2D eigenvalue weighted by molar-refractivity contribution is -0.146. The smallest absolute Gasteiger partial charge is 0.325 e. The third-order valence-electron chi connectivity index (χ3n) is 3.31. The molecule has 0 aliphatic heterocycles. The van der Waals surface area contributed by atoms with E-state index in [1.807, 2.05) is 31.2 Å². The van der Waals surface area contributed by atoms with Crippen LogP contribution in [0.1, 0.15) is 18.1 Å². The molecule has 0 aliphatic carbocycles. The third-order valence-corrected chi connectivity index (χ3v) is 4.87. The normalized spacial score (nSPS) is 11.0. The van der Waals surface area contributed by atoms with Gasteiger partial charge in [0.05, 0.1) is 7.11 Å². The van der Waals surface area contributed by atoms with Crippen molar-refractivity contribution in [2.45, 2.75) is 20.4 Å². The van der Waals surface area contributed by atoms with E-state index < -0.39 is 27.5 Å². The minimum absolute atomic E-state index is 0.116. The SMILES string of the molecule is CCS(=O)(=O)CC(=O)N(CC(=O)OC)Cc1ccccc1C. The number of aryl methyl sites for hydroxylation is 1. The standard InChI is InChI=1S/C15H21NO5S/c1-4-22(19,20)11-14(17)16(10-15(18)21-3)9-13-8-6-5-7-12(13)2/h5-8H,4,9-11H2,1-3H3. The molecule has 0 unspecified atom stereocenters. The van der Waals surface area contributed by atoms with Gasteiger partial charge < -0.3 is 9.64 Å². The first-order valence-electron chi connectivity index (χ1n) is 6.88. The molecule has 0 N–H and O–H groups in total. The Kier molecular flexibility index (Phi) is 6.55. The summed E-state index contributed by atoms with van der Waals surface area (Å²) in [5.41, 5.74) is 1.82. The summed E-state index contributed by atoms with van der Waals surface area (Å²) in [6.45, 7) is 3.26. The average molecular weight is 327 g/mol. The van der Waals surface area contributed by atoms with Crippen LogP contribution in [0.5, 0.6) is 0 Å². The van der Waals surface area contributed by atoms with Crippen molar-refractivity contribution >= 4 is 21.7 Å². The van der Waals surface area contributed by atoms with Gasteiger partial charge in [0, 0.05) is 12.3 Å². The average Bonchev–Trinajstić information content (AvgIpc) is 2.48. The fourth-order valence-electron chi connectivity index (χ4n) is 1.83. The van der Waals surface area contributed by atoms with Gasteiger partial charge in [0.15, 0.2) is 9.84 Å². The van der Waals surface area contributed by atoms with Gasteiger partial charge in [-0.15, -0.1) is 0 Å². The second-order valence-corrected chi connectivity index (χ2v) is 7.28. The van der Waals surface area contributed by atoms with E-state index in [1.165, 1.54) is 18.9 Å². The highest BCUT2D eigenvalue weighted by molar-refractivity contribution is 7.92. The molecular formula is C15H21NO5S. The lowest BCUT2D eigenvalue weighted by Crippen LogP contribution is -2.39.